The molecule has 2 rings (SSSR count). The maximum Gasteiger partial charge on any atom is 0.163 e. The summed E-state index contributed by atoms with van der Waals surface area (Å²) >= 11 is 3.19. The van der Waals surface area contributed by atoms with Gasteiger partial charge in [-0.25, -0.2) is 0 Å². The largest absolute Gasteiger partial charge is 0.388 e. The van der Waals surface area contributed by atoms with E-state index in [1.54, 1.807) is 22.7 Å². The molecule has 98 valence electrons. The summed E-state index contributed by atoms with van der Waals surface area (Å²) in [6, 6.07) is 3.81. The molecule has 0 aliphatic rings. The molecule has 1 N–H and O–H groups in total. The first-order chi connectivity index (χ1) is 8.69. The van der Waals surface area contributed by atoms with E-state index in [0.717, 1.165) is 17.5 Å². The quantitative estimate of drug-likeness (QED) is 0.836. The van der Waals surface area contributed by atoms with Gasteiger partial charge in [-0.15, -0.1) is 0 Å². The first kappa shape index (κ1) is 15.1. The van der Waals surface area contributed by atoms with Crippen molar-refractivity contribution in [3.05, 3.63) is 44.8 Å². The summed E-state index contributed by atoms with van der Waals surface area (Å²) < 4.78 is 0. The van der Waals surface area contributed by atoms with Crippen LogP contribution in [0.1, 0.15) is 48.7 Å². The fourth-order valence-electron chi connectivity index (χ4n) is 1.33. The van der Waals surface area contributed by atoms with Crippen LogP contribution in [0.2, 0.25) is 0 Å². The van der Waals surface area contributed by atoms with Crippen LogP contribution < -0.4 is 0 Å². The molecule has 0 bridgehead atoms. The summed E-state index contributed by atoms with van der Waals surface area (Å²) in [5.41, 5.74) is 1.89. The van der Waals surface area contributed by atoms with E-state index in [1.165, 1.54) is 0 Å². The fourth-order valence-corrected chi connectivity index (χ4v) is 2.69. The Balaban J connectivity index is 0.000000180. The molecule has 1 unspecified atom stereocenters. The Hall–Kier alpha value is -0.970. The van der Waals surface area contributed by atoms with Gasteiger partial charge in [0.1, 0.15) is 0 Å². The van der Waals surface area contributed by atoms with Crippen molar-refractivity contribution >= 4 is 28.5 Å². The molecular formula is C14H18O2S2. The molecule has 0 fully saturated rings. The van der Waals surface area contributed by atoms with Gasteiger partial charge < -0.3 is 5.11 Å². The number of Topliss-reactive ketones (excluding diaryl/α,β-unsaturated/α-hetero) is 1. The molecular weight excluding hydrogens is 264 g/mol. The Morgan fingerprint density at radius 2 is 1.89 bits per heavy atom. The zero-order chi connectivity index (χ0) is 13.4. The van der Waals surface area contributed by atoms with Crippen molar-refractivity contribution in [3.8, 4) is 0 Å². The molecule has 0 aliphatic carbocycles. The number of rotatable bonds is 4. The van der Waals surface area contributed by atoms with E-state index < -0.39 is 0 Å². The van der Waals surface area contributed by atoms with Gasteiger partial charge >= 0.3 is 0 Å². The molecule has 2 aromatic rings. The molecule has 0 aromatic carbocycles. The smallest absolute Gasteiger partial charge is 0.163 e. The van der Waals surface area contributed by atoms with E-state index >= 15 is 0 Å². The van der Waals surface area contributed by atoms with Crippen molar-refractivity contribution < 1.29 is 9.90 Å². The highest BCUT2D eigenvalue weighted by atomic mass is 32.1. The third-order valence-corrected chi connectivity index (χ3v) is 3.86. The highest BCUT2D eigenvalue weighted by Crippen LogP contribution is 2.18. The highest BCUT2D eigenvalue weighted by Gasteiger charge is 2.02. The van der Waals surface area contributed by atoms with Gasteiger partial charge in [0.05, 0.1) is 6.10 Å². The normalized spacial score (nSPS) is 11.5. The fraction of sp³-hybridized carbons (Fsp3) is 0.357. The number of ketones is 1. The van der Waals surface area contributed by atoms with E-state index in [1.807, 2.05) is 47.5 Å². The van der Waals surface area contributed by atoms with Crippen molar-refractivity contribution in [1.82, 2.24) is 0 Å². The van der Waals surface area contributed by atoms with Gasteiger partial charge in [-0.2, -0.15) is 22.7 Å². The van der Waals surface area contributed by atoms with Crippen LogP contribution in [0.15, 0.2) is 33.7 Å². The van der Waals surface area contributed by atoms with E-state index in [2.05, 4.69) is 0 Å². The zero-order valence-electron chi connectivity index (χ0n) is 10.6. The highest BCUT2D eigenvalue weighted by molar-refractivity contribution is 7.08. The van der Waals surface area contributed by atoms with E-state index in [9.17, 15) is 9.90 Å². The minimum Gasteiger partial charge on any atom is -0.388 e. The third kappa shape index (κ3) is 4.72. The second-order valence-corrected chi connectivity index (χ2v) is 5.33. The summed E-state index contributed by atoms with van der Waals surface area (Å²) in [4.78, 5) is 10.9. The SMILES string of the molecule is CCC(=O)c1ccsc1.CCC(O)c1ccsc1. The van der Waals surface area contributed by atoms with E-state index in [0.29, 0.717) is 6.42 Å². The van der Waals surface area contributed by atoms with E-state index in [4.69, 9.17) is 0 Å². The second-order valence-electron chi connectivity index (χ2n) is 3.77. The minimum atomic E-state index is -0.253. The Morgan fingerprint density at radius 1 is 1.22 bits per heavy atom. The zero-order valence-corrected chi connectivity index (χ0v) is 12.3. The number of aliphatic hydroxyl groups excluding tert-OH is 1. The molecule has 2 heterocycles. The number of carbonyl (C=O) groups is 1. The van der Waals surface area contributed by atoms with Crippen LogP contribution in [0.5, 0.6) is 0 Å². The van der Waals surface area contributed by atoms with Crippen molar-refractivity contribution in [3.63, 3.8) is 0 Å². The summed E-state index contributed by atoms with van der Waals surface area (Å²) in [6.07, 6.45) is 1.16. The molecule has 0 radical (unpaired) electrons. The van der Waals surface area contributed by atoms with Crippen molar-refractivity contribution in [2.75, 3.05) is 0 Å². The lowest BCUT2D eigenvalue weighted by Crippen LogP contribution is -1.91. The van der Waals surface area contributed by atoms with Crippen LogP contribution in [-0.4, -0.2) is 10.9 Å². The number of carbonyl (C=O) groups excluding carboxylic acids is 1. The van der Waals surface area contributed by atoms with Crippen LogP contribution in [0, 0.1) is 0 Å². The number of hydrogen-bond acceptors (Lipinski definition) is 4. The Bertz CT molecular complexity index is 432. The standard InChI is InChI=1S/C7H10OS.C7H8OS/c2*1-2-7(8)6-3-4-9-5-6/h3-5,7-8H,2H2,1H3;3-5H,2H2,1H3. The molecule has 18 heavy (non-hydrogen) atoms. The Kier molecular flexibility index (Phi) is 6.86. The lowest BCUT2D eigenvalue weighted by Gasteiger charge is -2.01. The van der Waals surface area contributed by atoms with Crippen molar-refractivity contribution in [2.45, 2.75) is 32.8 Å². The van der Waals surface area contributed by atoms with Crippen LogP contribution in [0.4, 0.5) is 0 Å². The predicted octanol–water partition coefficient (Wildman–Crippen LogP) is 4.53. The molecule has 2 aromatic heterocycles. The minimum absolute atomic E-state index is 0.233. The molecule has 0 aliphatic heterocycles. The van der Waals surface area contributed by atoms with Gasteiger partial charge in [-0.05, 0) is 40.3 Å². The van der Waals surface area contributed by atoms with Gasteiger partial charge in [0.2, 0.25) is 0 Å². The average Bonchev–Trinajstić information content (AvgIpc) is 3.09. The van der Waals surface area contributed by atoms with Crippen LogP contribution in [-0.2, 0) is 0 Å². The van der Waals surface area contributed by atoms with Gasteiger partial charge in [0, 0.05) is 17.4 Å². The lowest BCUT2D eigenvalue weighted by molar-refractivity contribution is 0.0988. The monoisotopic (exact) mass is 282 g/mol. The lowest BCUT2D eigenvalue weighted by atomic mass is 10.1. The van der Waals surface area contributed by atoms with Gasteiger partial charge in [0.25, 0.3) is 0 Å². The van der Waals surface area contributed by atoms with E-state index in [-0.39, 0.29) is 11.9 Å². The van der Waals surface area contributed by atoms with Gasteiger partial charge in [-0.3, -0.25) is 4.79 Å². The summed E-state index contributed by atoms with van der Waals surface area (Å²) in [5.74, 6) is 0.233. The summed E-state index contributed by atoms with van der Waals surface area (Å²) in [5, 5.41) is 17.0. The Morgan fingerprint density at radius 3 is 2.33 bits per heavy atom. The summed E-state index contributed by atoms with van der Waals surface area (Å²) in [7, 11) is 0. The molecule has 1 atom stereocenters. The number of aliphatic hydroxyl groups is 1. The first-order valence-electron chi connectivity index (χ1n) is 5.94. The molecule has 2 nitrogen and oxygen atoms in total. The average molecular weight is 282 g/mol. The molecule has 4 heteroatoms. The van der Waals surface area contributed by atoms with Crippen molar-refractivity contribution in [2.24, 2.45) is 0 Å². The van der Waals surface area contributed by atoms with Gasteiger partial charge in [0.15, 0.2) is 5.78 Å². The maximum atomic E-state index is 10.9. The van der Waals surface area contributed by atoms with Gasteiger partial charge in [-0.1, -0.05) is 13.8 Å². The van der Waals surface area contributed by atoms with Crippen LogP contribution in [0.25, 0.3) is 0 Å². The molecule has 0 spiro atoms. The number of hydrogen-bond donors (Lipinski definition) is 1. The maximum absolute atomic E-state index is 10.9. The Labute approximate surface area is 116 Å². The third-order valence-electron chi connectivity index (χ3n) is 2.48. The molecule has 0 amide bonds. The predicted molar refractivity (Wildman–Crippen MR) is 78.5 cm³/mol. The molecule has 0 saturated heterocycles. The second kappa shape index (κ2) is 8.19. The first-order valence-corrected chi connectivity index (χ1v) is 7.83. The van der Waals surface area contributed by atoms with Crippen molar-refractivity contribution in [1.29, 1.82) is 0 Å². The summed E-state index contributed by atoms with van der Waals surface area (Å²) in [6.45, 7) is 3.85. The molecule has 0 saturated carbocycles. The topological polar surface area (TPSA) is 37.3 Å². The van der Waals surface area contributed by atoms with Crippen LogP contribution in [0.3, 0.4) is 0 Å². The number of thiophene rings is 2. The van der Waals surface area contributed by atoms with Crippen LogP contribution >= 0.6 is 22.7 Å².